The molecule has 0 aliphatic heterocycles. The van der Waals surface area contributed by atoms with Crippen molar-refractivity contribution in [1.82, 2.24) is 9.03 Å². The van der Waals surface area contributed by atoms with Crippen LogP contribution in [0, 0.1) is 0 Å². The molecule has 0 aromatic carbocycles. The quantitative estimate of drug-likeness (QED) is 0.644. The number of ether oxygens (including phenoxy) is 1. The molecule has 0 unspecified atom stereocenters. The van der Waals surface area contributed by atoms with Crippen LogP contribution in [0.15, 0.2) is 0 Å². The van der Waals surface area contributed by atoms with Gasteiger partial charge < -0.3 is 10.5 Å². The molecule has 102 valence electrons. The molecule has 0 amide bonds. The number of nitrogens with two attached hydrogens (primary N) is 1. The summed E-state index contributed by atoms with van der Waals surface area (Å²) in [6.07, 6.45) is 4.17. The van der Waals surface area contributed by atoms with Crippen molar-refractivity contribution in [2.45, 2.75) is 37.8 Å². The highest BCUT2D eigenvalue weighted by atomic mass is 32.2. The minimum Gasteiger partial charge on any atom is -0.377 e. The molecule has 3 N–H and O–H groups in total. The van der Waals surface area contributed by atoms with Gasteiger partial charge in [0.2, 0.25) is 0 Å². The summed E-state index contributed by atoms with van der Waals surface area (Å²) in [7, 11) is -0.343. The monoisotopic (exact) mass is 265 g/mol. The van der Waals surface area contributed by atoms with Crippen LogP contribution in [0.25, 0.3) is 0 Å². The molecule has 1 fully saturated rings. The minimum atomic E-state index is -3.33. The van der Waals surface area contributed by atoms with Crippen molar-refractivity contribution >= 4 is 10.2 Å². The van der Waals surface area contributed by atoms with Crippen molar-refractivity contribution in [2.24, 2.45) is 5.73 Å². The molecule has 0 heterocycles. The molecule has 7 heteroatoms. The highest BCUT2D eigenvalue weighted by Crippen LogP contribution is 2.19. The normalized spacial score (nSPS) is 26.4. The van der Waals surface area contributed by atoms with E-state index in [-0.39, 0.29) is 6.10 Å². The van der Waals surface area contributed by atoms with E-state index in [0.29, 0.717) is 19.2 Å². The molecule has 0 saturated heterocycles. The standard InChI is InChI=1S/C10H23N3O3S/c1-13(2)17(14,15)12-7-8-16-10-5-3-9(11)4-6-10/h9-10,12H,3-8,11H2,1-2H3. The van der Waals surface area contributed by atoms with Crippen molar-refractivity contribution < 1.29 is 13.2 Å². The molecule has 1 rings (SSSR count). The first-order valence-corrected chi connectivity index (χ1v) is 7.40. The van der Waals surface area contributed by atoms with E-state index in [2.05, 4.69) is 4.72 Å². The predicted molar refractivity (Wildman–Crippen MR) is 66.8 cm³/mol. The molecule has 1 aliphatic rings. The molecule has 0 aromatic rings. The van der Waals surface area contributed by atoms with Crippen molar-refractivity contribution in [1.29, 1.82) is 0 Å². The summed E-state index contributed by atoms with van der Waals surface area (Å²) in [5, 5.41) is 0. The van der Waals surface area contributed by atoms with E-state index in [1.165, 1.54) is 14.1 Å². The molecule has 0 atom stereocenters. The van der Waals surface area contributed by atoms with Gasteiger partial charge in [-0.1, -0.05) is 0 Å². The van der Waals surface area contributed by atoms with Gasteiger partial charge >= 0.3 is 0 Å². The molecule has 1 saturated carbocycles. The van der Waals surface area contributed by atoms with Crippen LogP contribution in [0.1, 0.15) is 25.7 Å². The Morgan fingerprint density at radius 3 is 2.41 bits per heavy atom. The van der Waals surface area contributed by atoms with E-state index in [0.717, 1.165) is 30.0 Å². The summed E-state index contributed by atoms with van der Waals surface area (Å²) >= 11 is 0. The fourth-order valence-corrected chi connectivity index (χ4v) is 2.38. The number of nitrogens with one attached hydrogen (secondary N) is 1. The largest absolute Gasteiger partial charge is 0.377 e. The van der Waals surface area contributed by atoms with Crippen molar-refractivity contribution in [3.63, 3.8) is 0 Å². The smallest absolute Gasteiger partial charge is 0.279 e. The van der Waals surface area contributed by atoms with Crippen LogP contribution in [-0.4, -0.2) is 52.1 Å². The van der Waals surface area contributed by atoms with Gasteiger partial charge in [0.1, 0.15) is 0 Å². The zero-order valence-electron chi connectivity index (χ0n) is 10.6. The van der Waals surface area contributed by atoms with Crippen molar-refractivity contribution in [2.75, 3.05) is 27.2 Å². The van der Waals surface area contributed by atoms with Crippen LogP contribution < -0.4 is 10.5 Å². The highest BCUT2D eigenvalue weighted by Gasteiger charge is 2.19. The summed E-state index contributed by atoms with van der Waals surface area (Å²) in [4.78, 5) is 0. The lowest BCUT2D eigenvalue weighted by molar-refractivity contribution is 0.0286. The van der Waals surface area contributed by atoms with E-state index >= 15 is 0 Å². The zero-order chi connectivity index (χ0) is 12.9. The zero-order valence-corrected chi connectivity index (χ0v) is 11.4. The predicted octanol–water partition coefficient (Wildman–Crippen LogP) is -0.331. The number of nitrogens with zero attached hydrogens (tertiary/aromatic N) is 1. The first kappa shape index (κ1) is 14.8. The first-order valence-electron chi connectivity index (χ1n) is 5.96. The molecule has 1 aliphatic carbocycles. The second-order valence-corrected chi connectivity index (χ2v) is 6.56. The second-order valence-electron chi connectivity index (χ2n) is 4.59. The first-order chi connectivity index (χ1) is 7.92. The summed E-state index contributed by atoms with van der Waals surface area (Å²) in [5.41, 5.74) is 5.79. The van der Waals surface area contributed by atoms with Crippen LogP contribution in [-0.2, 0) is 14.9 Å². The van der Waals surface area contributed by atoms with Crippen LogP contribution in [0.5, 0.6) is 0 Å². The SMILES string of the molecule is CN(C)S(=O)(=O)NCCOC1CCC(N)CC1. The third-order valence-corrected chi connectivity index (χ3v) is 4.47. The van der Waals surface area contributed by atoms with Gasteiger partial charge in [0.15, 0.2) is 0 Å². The van der Waals surface area contributed by atoms with Crippen LogP contribution in [0.4, 0.5) is 0 Å². The molecular formula is C10H23N3O3S. The number of hydrogen-bond donors (Lipinski definition) is 2. The molecule has 0 aromatic heterocycles. The summed E-state index contributed by atoms with van der Waals surface area (Å²) in [6, 6.07) is 0.307. The van der Waals surface area contributed by atoms with Gasteiger partial charge in [0, 0.05) is 26.7 Å². The van der Waals surface area contributed by atoms with Gasteiger partial charge in [-0.05, 0) is 25.7 Å². The minimum absolute atomic E-state index is 0.235. The Balaban J connectivity index is 2.12. The molecule has 6 nitrogen and oxygen atoms in total. The van der Waals surface area contributed by atoms with Crippen LogP contribution >= 0.6 is 0 Å². The molecule has 0 bridgehead atoms. The van der Waals surface area contributed by atoms with Gasteiger partial charge in [-0.3, -0.25) is 0 Å². The Kier molecular flexibility index (Phi) is 5.81. The van der Waals surface area contributed by atoms with Crippen molar-refractivity contribution in [3.05, 3.63) is 0 Å². The average molecular weight is 265 g/mol. The summed E-state index contributed by atoms with van der Waals surface area (Å²) in [6.45, 7) is 0.718. The number of rotatable bonds is 6. The maximum Gasteiger partial charge on any atom is 0.279 e. The Labute approximate surface area is 104 Å². The molecule has 17 heavy (non-hydrogen) atoms. The Hall–Kier alpha value is -0.210. The third kappa shape index (κ3) is 5.31. The maximum absolute atomic E-state index is 11.4. The van der Waals surface area contributed by atoms with E-state index in [1.807, 2.05) is 0 Å². The van der Waals surface area contributed by atoms with Gasteiger partial charge in [-0.2, -0.15) is 17.4 Å². The fourth-order valence-electron chi connectivity index (χ4n) is 1.78. The molecule has 0 radical (unpaired) electrons. The van der Waals surface area contributed by atoms with Crippen molar-refractivity contribution in [3.8, 4) is 0 Å². The van der Waals surface area contributed by atoms with Crippen LogP contribution in [0.2, 0.25) is 0 Å². The lowest BCUT2D eigenvalue weighted by Crippen LogP contribution is -2.38. The summed E-state index contributed by atoms with van der Waals surface area (Å²) < 4.78 is 31.9. The fraction of sp³-hybridized carbons (Fsp3) is 1.00. The second kappa shape index (κ2) is 6.65. The average Bonchev–Trinajstić information content (AvgIpc) is 2.26. The lowest BCUT2D eigenvalue weighted by atomic mass is 9.94. The lowest BCUT2D eigenvalue weighted by Gasteiger charge is -2.26. The highest BCUT2D eigenvalue weighted by molar-refractivity contribution is 7.87. The van der Waals surface area contributed by atoms with E-state index in [4.69, 9.17) is 10.5 Å². The van der Waals surface area contributed by atoms with E-state index < -0.39 is 10.2 Å². The van der Waals surface area contributed by atoms with E-state index in [9.17, 15) is 8.42 Å². The third-order valence-electron chi connectivity index (χ3n) is 2.94. The molecule has 0 spiro atoms. The Morgan fingerprint density at radius 2 is 1.88 bits per heavy atom. The van der Waals surface area contributed by atoms with Gasteiger partial charge in [-0.25, -0.2) is 0 Å². The van der Waals surface area contributed by atoms with Gasteiger partial charge in [0.05, 0.1) is 12.7 Å². The van der Waals surface area contributed by atoms with E-state index in [1.54, 1.807) is 0 Å². The van der Waals surface area contributed by atoms with Gasteiger partial charge in [-0.15, -0.1) is 0 Å². The van der Waals surface area contributed by atoms with Gasteiger partial charge in [0.25, 0.3) is 10.2 Å². The molecular weight excluding hydrogens is 242 g/mol. The number of hydrogen-bond acceptors (Lipinski definition) is 4. The Bertz CT molecular complexity index is 311. The summed E-state index contributed by atoms with van der Waals surface area (Å²) in [5.74, 6) is 0. The Morgan fingerprint density at radius 1 is 1.29 bits per heavy atom. The van der Waals surface area contributed by atoms with Crippen LogP contribution in [0.3, 0.4) is 0 Å². The topological polar surface area (TPSA) is 84.7 Å². The maximum atomic E-state index is 11.4.